The highest BCUT2D eigenvalue weighted by atomic mass is 19.4. The number of carbonyl (C=O) groups excluding carboxylic acids is 1. The second kappa shape index (κ2) is 8.36. The van der Waals surface area contributed by atoms with Gasteiger partial charge in [-0.1, -0.05) is 18.2 Å². The van der Waals surface area contributed by atoms with Gasteiger partial charge in [-0.3, -0.25) is 4.79 Å². The molecule has 3 N–H and O–H groups in total. The van der Waals surface area contributed by atoms with Crippen LogP contribution < -0.4 is 10.1 Å². The summed E-state index contributed by atoms with van der Waals surface area (Å²) in [5.74, 6) is -0.308. The molecular weight excluding hydrogens is 411 g/mol. The van der Waals surface area contributed by atoms with Gasteiger partial charge in [-0.25, -0.2) is 0 Å². The zero-order valence-electron chi connectivity index (χ0n) is 16.6. The predicted octanol–water partition coefficient (Wildman–Crippen LogP) is 3.72. The topological polar surface area (TPSA) is 78.8 Å². The van der Waals surface area contributed by atoms with Gasteiger partial charge < -0.3 is 20.3 Å². The van der Waals surface area contributed by atoms with E-state index in [0.29, 0.717) is 36.1 Å². The third-order valence-electron chi connectivity index (χ3n) is 5.63. The number of halogens is 3. The molecule has 1 amide bonds. The van der Waals surface area contributed by atoms with Crippen LogP contribution in [0, 0.1) is 0 Å². The molecule has 2 aromatic rings. The minimum absolute atomic E-state index is 0.112. The second-order valence-electron chi connectivity index (χ2n) is 7.81. The van der Waals surface area contributed by atoms with Crippen LogP contribution in [0.2, 0.25) is 0 Å². The molecule has 2 atom stereocenters. The van der Waals surface area contributed by atoms with Crippen molar-refractivity contribution in [3.05, 3.63) is 64.7 Å². The third kappa shape index (κ3) is 4.60. The average Bonchev–Trinajstić information content (AvgIpc) is 2.90. The molecule has 5 nitrogen and oxygen atoms in total. The Balaban J connectivity index is 1.60. The van der Waals surface area contributed by atoms with E-state index in [1.807, 2.05) is 6.07 Å². The monoisotopic (exact) mass is 433 g/mol. The fourth-order valence-corrected chi connectivity index (χ4v) is 4.03. The summed E-state index contributed by atoms with van der Waals surface area (Å²) >= 11 is 0. The largest absolute Gasteiger partial charge is 0.493 e. The van der Waals surface area contributed by atoms with Crippen molar-refractivity contribution in [3.63, 3.8) is 0 Å². The molecule has 2 aromatic carbocycles. The van der Waals surface area contributed by atoms with E-state index < -0.39 is 29.9 Å². The number of rotatable bonds is 2. The molecule has 0 radical (unpaired) electrons. The maximum absolute atomic E-state index is 13.0. The first-order valence-corrected chi connectivity index (χ1v) is 10.1. The molecule has 0 spiro atoms. The summed E-state index contributed by atoms with van der Waals surface area (Å²) in [5, 5.41) is 22.7. The second-order valence-corrected chi connectivity index (χ2v) is 7.81. The number of nitrogens with one attached hydrogen (secondary N) is 1. The zero-order chi connectivity index (χ0) is 22.2. The Bertz CT molecular complexity index is 1030. The Morgan fingerprint density at radius 1 is 1.13 bits per heavy atom. The molecular formula is C23H22F3NO4. The Hall–Kier alpha value is -2.84. The molecule has 0 fully saturated rings. The molecule has 1 heterocycles. The number of aliphatic hydroxyl groups excluding tert-OH is 2. The van der Waals surface area contributed by atoms with Crippen LogP contribution in [0.15, 0.2) is 42.5 Å². The van der Waals surface area contributed by atoms with Crippen molar-refractivity contribution in [1.82, 2.24) is 0 Å². The van der Waals surface area contributed by atoms with Crippen LogP contribution in [0.5, 0.6) is 5.75 Å². The first-order chi connectivity index (χ1) is 14.7. The number of ether oxygens (including phenoxy) is 1. The quantitative estimate of drug-likeness (QED) is 0.631. The van der Waals surface area contributed by atoms with Crippen molar-refractivity contribution in [3.8, 4) is 5.75 Å². The van der Waals surface area contributed by atoms with Gasteiger partial charge in [-0.05, 0) is 47.7 Å². The van der Waals surface area contributed by atoms with E-state index in [-0.39, 0.29) is 18.8 Å². The molecule has 0 saturated heterocycles. The van der Waals surface area contributed by atoms with E-state index in [9.17, 15) is 28.2 Å². The Kier molecular flexibility index (Phi) is 5.77. The third-order valence-corrected chi connectivity index (χ3v) is 5.63. The van der Waals surface area contributed by atoms with Gasteiger partial charge in [0.05, 0.1) is 24.4 Å². The minimum atomic E-state index is -4.48. The highest BCUT2D eigenvalue weighted by molar-refractivity contribution is 6.04. The lowest BCUT2D eigenvalue weighted by Gasteiger charge is -2.27. The first kappa shape index (κ1) is 21.4. The molecule has 0 unspecified atom stereocenters. The molecule has 8 heteroatoms. The lowest BCUT2D eigenvalue weighted by molar-refractivity contribution is -0.137. The Morgan fingerprint density at radius 2 is 1.90 bits per heavy atom. The van der Waals surface area contributed by atoms with Crippen LogP contribution >= 0.6 is 0 Å². The highest BCUT2D eigenvalue weighted by Crippen LogP contribution is 2.38. The molecule has 1 aliphatic heterocycles. The van der Waals surface area contributed by atoms with Gasteiger partial charge in [0.15, 0.2) is 0 Å². The van der Waals surface area contributed by atoms with Crippen molar-refractivity contribution in [2.24, 2.45) is 0 Å². The van der Waals surface area contributed by atoms with E-state index >= 15 is 0 Å². The van der Waals surface area contributed by atoms with Crippen LogP contribution in [-0.4, -0.2) is 34.9 Å². The van der Waals surface area contributed by atoms with Crippen LogP contribution in [0.3, 0.4) is 0 Å². The van der Waals surface area contributed by atoms with Crippen LogP contribution in [0.25, 0.3) is 5.57 Å². The van der Waals surface area contributed by atoms with Gasteiger partial charge in [0.25, 0.3) is 0 Å². The van der Waals surface area contributed by atoms with E-state index in [0.717, 1.165) is 23.3 Å². The number of hydrogen-bond acceptors (Lipinski definition) is 4. The molecule has 0 saturated carbocycles. The maximum atomic E-state index is 13.0. The molecule has 0 bridgehead atoms. The summed E-state index contributed by atoms with van der Waals surface area (Å²) in [6, 6.07) is 8.62. The molecule has 2 aliphatic rings. The molecule has 1 aliphatic carbocycles. The minimum Gasteiger partial charge on any atom is -0.493 e. The SMILES string of the molecule is O=C(C=C1CCCOc2cc(C(F)(F)F)ccc21)Nc1cccc2c1C[C@@H](O)[C@@H](O)C2. The van der Waals surface area contributed by atoms with Crippen molar-refractivity contribution >= 4 is 17.2 Å². The lowest BCUT2D eigenvalue weighted by Crippen LogP contribution is -2.35. The number of allylic oxidation sites excluding steroid dienone is 1. The van der Waals surface area contributed by atoms with E-state index in [1.54, 1.807) is 12.1 Å². The molecule has 164 valence electrons. The number of fused-ring (bicyclic) bond motifs is 2. The van der Waals surface area contributed by atoms with Crippen LogP contribution in [0.1, 0.15) is 35.1 Å². The van der Waals surface area contributed by atoms with Gasteiger partial charge in [-0.2, -0.15) is 13.2 Å². The van der Waals surface area contributed by atoms with E-state index in [2.05, 4.69) is 5.32 Å². The van der Waals surface area contributed by atoms with E-state index in [1.165, 1.54) is 12.1 Å². The Labute approximate surface area is 177 Å². The summed E-state index contributed by atoms with van der Waals surface area (Å²) in [6.45, 7) is 0.264. The average molecular weight is 433 g/mol. The normalized spacial score (nSPS) is 22.2. The Morgan fingerprint density at radius 3 is 2.68 bits per heavy atom. The maximum Gasteiger partial charge on any atom is 0.416 e. The predicted molar refractivity (Wildman–Crippen MR) is 109 cm³/mol. The molecule has 4 rings (SSSR count). The number of hydrogen-bond donors (Lipinski definition) is 3. The number of benzene rings is 2. The van der Waals surface area contributed by atoms with Crippen LogP contribution in [-0.2, 0) is 23.8 Å². The van der Waals surface area contributed by atoms with Gasteiger partial charge in [0, 0.05) is 30.2 Å². The fraction of sp³-hybridized carbons (Fsp3) is 0.348. The van der Waals surface area contributed by atoms with E-state index in [4.69, 9.17) is 4.74 Å². The number of anilines is 1. The summed E-state index contributed by atoms with van der Waals surface area (Å²) in [5.41, 5.74) is 2.44. The van der Waals surface area contributed by atoms with Gasteiger partial charge in [-0.15, -0.1) is 0 Å². The van der Waals surface area contributed by atoms with Gasteiger partial charge >= 0.3 is 6.18 Å². The number of aliphatic hydroxyl groups is 2. The van der Waals surface area contributed by atoms with Crippen LogP contribution in [0.4, 0.5) is 18.9 Å². The molecule has 31 heavy (non-hydrogen) atoms. The fourth-order valence-electron chi connectivity index (χ4n) is 4.03. The highest BCUT2D eigenvalue weighted by Gasteiger charge is 2.32. The molecule has 0 aromatic heterocycles. The standard InChI is InChI=1S/C23H22F3NO4/c24-23(25,26)15-6-7-16-14(4-2-8-31-21(16)11-15)10-22(30)27-18-5-1-3-13-9-19(28)20(29)12-17(13)18/h1,3,5-7,10-11,19-20,28-29H,2,4,8-9,12H2,(H,27,30)/t19-,20+/m0/s1. The lowest BCUT2D eigenvalue weighted by atomic mass is 9.86. The van der Waals surface area contributed by atoms with Gasteiger partial charge in [0.2, 0.25) is 5.91 Å². The summed E-state index contributed by atoms with van der Waals surface area (Å²) in [6.07, 6.45) is -3.26. The van der Waals surface area contributed by atoms with Gasteiger partial charge in [0.1, 0.15) is 5.75 Å². The summed E-state index contributed by atoms with van der Waals surface area (Å²) in [7, 11) is 0. The summed E-state index contributed by atoms with van der Waals surface area (Å²) < 4.78 is 44.6. The number of amides is 1. The van der Waals surface area contributed by atoms with Crippen molar-refractivity contribution in [2.45, 2.75) is 44.1 Å². The van der Waals surface area contributed by atoms with Crippen molar-refractivity contribution in [2.75, 3.05) is 11.9 Å². The number of carbonyl (C=O) groups is 1. The van der Waals surface area contributed by atoms with Crippen molar-refractivity contribution in [1.29, 1.82) is 0 Å². The first-order valence-electron chi connectivity index (χ1n) is 10.1. The van der Waals surface area contributed by atoms with Crippen molar-refractivity contribution < 1.29 is 32.9 Å². The zero-order valence-corrected chi connectivity index (χ0v) is 16.6. The smallest absolute Gasteiger partial charge is 0.416 e. The number of alkyl halides is 3. The summed E-state index contributed by atoms with van der Waals surface area (Å²) in [4.78, 5) is 12.7.